The summed E-state index contributed by atoms with van der Waals surface area (Å²) in [6.07, 6.45) is 1.37. The predicted molar refractivity (Wildman–Crippen MR) is 58.8 cm³/mol. The lowest BCUT2D eigenvalue weighted by Gasteiger charge is -2.24. The van der Waals surface area contributed by atoms with E-state index in [0.29, 0.717) is 5.56 Å². The van der Waals surface area contributed by atoms with Crippen LogP contribution < -0.4 is 5.32 Å². The lowest BCUT2D eigenvalue weighted by Crippen LogP contribution is -2.55. The Morgan fingerprint density at radius 3 is 2.65 bits per heavy atom. The first-order valence-corrected chi connectivity index (χ1v) is 4.99. The summed E-state index contributed by atoms with van der Waals surface area (Å²) in [7, 11) is 1.37. The van der Waals surface area contributed by atoms with Gasteiger partial charge in [-0.3, -0.25) is 4.79 Å². The standard InChI is InChI=1S/C11H15NO5/c1-7-4-5-17-8(7)9(13)12-11(2,6-16-3)10(14)15/h4-5H,6H2,1-3H3,(H,12,13)(H,14,15). The van der Waals surface area contributed by atoms with E-state index in [1.165, 1.54) is 20.3 Å². The monoisotopic (exact) mass is 241 g/mol. The molecule has 0 saturated heterocycles. The molecule has 0 aliphatic rings. The number of hydrogen-bond donors (Lipinski definition) is 2. The lowest BCUT2D eigenvalue weighted by atomic mass is 10.0. The second kappa shape index (κ2) is 5.01. The van der Waals surface area contributed by atoms with Crippen molar-refractivity contribution in [1.29, 1.82) is 0 Å². The van der Waals surface area contributed by atoms with Gasteiger partial charge < -0.3 is 19.6 Å². The highest BCUT2D eigenvalue weighted by Crippen LogP contribution is 2.12. The van der Waals surface area contributed by atoms with Crippen molar-refractivity contribution in [2.45, 2.75) is 19.4 Å². The number of carbonyl (C=O) groups excluding carboxylic acids is 1. The van der Waals surface area contributed by atoms with Gasteiger partial charge in [0.25, 0.3) is 5.91 Å². The predicted octanol–water partition coefficient (Wildman–Crippen LogP) is 0.808. The number of carbonyl (C=O) groups is 2. The molecule has 1 aromatic heterocycles. The molecule has 94 valence electrons. The number of furan rings is 1. The molecule has 0 aromatic carbocycles. The molecule has 0 fully saturated rings. The lowest BCUT2D eigenvalue weighted by molar-refractivity contribution is -0.145. The number of rotatable bonds is 5. The zero-order valence-electron chi connectivity index (χ0n) is 9.94. The quantitative estimate of drug-likeness (QED) is 0.796. The fraction of sp³-hybridized carbons (Fsp3) is 0.455. The van der Waals surface area contributed by atoms with E-state index >= 15 is 0 Å². The van der Waals surface area contributed by atoms with Gasteiger partial charge in [0.05, 0.1) is 12.9 Å². The molecule has 1 aromatic rings. The van der Waals surface area contributed by atoms with Crippen LogP contribution in [0.1, 0.15) is 23.0 Å². The van der Waals surface area contributed by atoms with Crippen LogP contribution in [-0.2, 0) is 9.53 Å². The summed E-state index contributed by atoms with van der Waals surface area (Å²) in [6.45, 7) is 2.94. The number of carboxylic acids is 1. The zero-order chi connectivity index (χ0) is 13.1. The van der Waals surface area contributed by atoms with Gasteiger partial charge in [-0.25, -0.2) is 4.79 Å². The summed E-state index contributed by atoms with van der Waals surface area (Å²) in [5.74, 6) is -1.64. The maximum absolute atomic E-state index is 11.8. The van der Waals surface area contributed by atoms with E-state index in [1.54, 1.807) is 13.0 Å². The van der Waals surface area contributed by atoms with Crippen LogP contribution in [0.2, 0.25) is 0 Å². The van der Waals surface area contributed by atoms with Crippen LogP contribution in [0.25, 0.3) is 0 Å². The second-order valence-corrected chi connectivity index (χ2v) is 3.96. The van der Waals surface area contributed by atoms with Crippen molar-refractivity contribution in [3.8, 4) is 0 Å². The van der Waals surface area contributed by atoms with Crippen molar-refractivity contribution in [1.82, 2.24) is 5.32 Å². The molecule has 0 radical (unpaired) electrons. The van der Waals surface area contributed by atoms with Crippen molar-refractivity contribution in [2.24, 2.45) is 0 Å². The second-order valence-electron chi connectivity index (χ2n) is 3.96. The highest BCUT2D eigenvalue weighted by molar-refractivity contribution is 5.96. The van der Waals surface area contributed by atoms with Crippen LogP contribution in [0.3, 0.4) is 0 Å². The van der Waals surface area contributed by atoms with Gasteiger partial charge in [-0.2, -0.15) is 0 Å². The van der Waals surface area contributed by atoms with Crippen molar-refractivity contribution < 1.29 is 23.8 Å². The Hall–Kier alpha value is -1.82. The number of aliphatic carboxylic acids is 1. The summed E-state index contributed by atoms with van der Waals surface area (Å²) in [5.41, 5.74) is -0.835. The third-order valence-electron chi connectivity index (χ3n) is 2.36. The van der Waals surface area contributed by atoms with Gasteiger partial charge in [-0.15, -0.1) is 0 Å². The zero-order valence-corrected chi connectivity index (χ0v) is 9.94. The molecule has 17 heavy (non-hydrogen) atoms. The fourth-order valence-corrected chi connectivity index (χ4v) is 1.35. The molecule has 0 aliphatic heterocycles. The Labute approximate surface area is 98.6 Å². The first kappa shape index (κ1) is 13.2. The maximum atomic E-state index is 11.8. The summed E-state index contributed by atoms with van der Waals surface area (Å²) < 4.78 is 9.77. The highest BCUT2D eigenvalue weighted by atomic mass is 16.5. The molecule has 1 heterocycles. The number of aryl methyl sites for hydroxylation is 1. The average Bonchev–Trinajstić information content (AvgIpc) is 2.64. The minimum Gasteiger partial charge on any atom is -0.479 e. The minimum absolute atomic E-state index is 0.105. The van der Waals surface area contributed by atoms with E-state index in [4.69, 9.17) is 14.3 Å². The molecule has 1 rings (SSSR count). The molecule has 0 bridgehead atoms. The van der Waals surface area contributed by atoms with E-state index in [-0.39, 0.29) is 12.4 Å². The number of methoxy groups -OCH3 is 1. The Morgan fingerprint density at radius 2 is 2.24 bits per heavy atom. The number of nitrogens with one attached hydrogen (secondary N) is 1. The van der Waals surface area contributed by atoms with Crippen LogP contribution >= 0.6 is 0 Å². The van der Waals surface area contributed by atoms with E-state index in [1.807, 2.05) is 0 Å². The smallest absolute Gasteiger partial charge is 0.331 e. The molecular formula is C11H15NO5. The maximum Gasteiger partial charge on any atom is 0.331 e. The molecule has 2 N–H and O–H groups in total. The Morgan fingerprint density at radius 1 is 1.59 bits per heavy atom. The molecule has 1 unspecified atom stereocenters. The minimum atomic E-state index is -1.48. The van der Waals surface area contributed by atoms with Crippen LogP contribution in [0.5, 0.6) is 0 Å². The van der Waals surface area contributed by atoms with Crippen molar-refractivity contribution in [3.63, 3.8) is 0 Å². The number of hydrogen-bond acceptors (Lipinski definition) is 4. The average molecular weight is 241 g/mol. The summed E-state index contributed by atoms with van der Waals surface area (Å²) in [5, 5.41) is 11.4. The molecule has 0 saturated carbocycles. The van der Waals surface area contributed by atoms with Gasteiger partial charge >= 0.3 is 5.97 Å². The summed E-state index contributed by atoms with van der Waals surface area (Å²) in [4.78, 5) is 22.9. The van der Waals surface area contributed by atoms with Gasteiger partial charge in [0.1, 0.15) is 0 Å². The van der Waals surface area contributed by atoms with Crippen LogP contribution in [0.4, 0.5) is 0 Å². The first-order valence-electron chi connectivity index (χ1n) is 4.99. The Kier molecular flexibility index (Phi) is 3.90. The van der Waals surface area contributed by atoms with Crippen molar-refractivity contribution >= 4 is 11.9 Å². The first-order chi connectivity index (χ1) is 7.90. The number of amides is 1. The Balaban J connectivity index is 2.85. The largest absolute Gasteiger partial charge is 0.479 e. The highest BCUT2D eigenvalue weighted by Gasteiger charge is 2.36. The molecule has 1 atom stereocenters. The van der Waals surface area contributed by atoms with Gasteiger partial charge in [0, 0.05) is 12.7 Å². The molecule has 1 amide bonds. The molecule has 0 aliphatic carbocycles. The van der Waals surface area contributed by atoms with Gasteiger partial charge in [-0.1, -0.05) is 0 Å². The molecule has 6 nitrogen and oxygen atoms in total. The van der Waals surface area contributed by atoms with Crippen LogP contribution in [0, 0.1) is 6.92 Å². The van der Waals surface area contributed by atoms with Gasteiger partial charge in [0.15, 0.2) is 11.3 Å². The SMILES string of the molecule is COCC(C)(NC(=O)c1occc1C)C(=O)O. The van der Waals surface area contributed by atoms with E-state index < -0.39 is 17.4 Å². The fourth-order valence-electron chi connectivity index (χ4n) is 1.35. The van der Waals surface area contributed by atoms with Crippen molar-refractivity contribution in [3.05, 3.63) is 23.7 Å². The van der Waals surface area contributed by atoms with E-state index in [0.717, 1.165) is 0 Å². The number of ether oxygens (including phenoxy) is 1. The summed E-state index contributed by atoms with van der Waals surface area (Å²) >= 11 is 0. The van der Waals surface area contributed by atoms with Gasteiger partial charge in [-0.05, 0) is 19.9 Å². The third-order valence-corrected chi connectivity index (χ3v) is 2.36. The van der Waals surface area contributed by atoms with Crippen LogP contribution in [-0.4, -0.2) is 36.2 Å². The summed E-state index contributed by atoms with van der Waals surface area (Å²) in [6, 6.07) is 1.63. The van der Waals surface area contributed by atoms with Crippen molar-refractivity contribution in [2.75, 3.05) is 13.7 Å². The normalized spacial score (nSPS) is 14.1. The Bertz CT molecular complexity index is 425. The third kappa shape index (κ3) is 2.85. The molecular weight excluding hydrogens is 226 g/mol. The molecule has 6 heteroatoms. The number of carboxylic acid groups (broad SMARTS) is 1. The van der Waals surface area contributed by atoms with Crippen LogP contribution in [0.15, 0.2) is 16.7 Å². The topological polar surface area (TPSA) is 88.8 Å². The van der Waals surface area contributed by atoms with E-state index in [9.17, 15) is 9.59 Å². The van der Waals surface area contributed by atoms with Gasteiger partial charge in [0.2, 0.25) is 0 Å². The molecule has 0 spiro atoms. The van der Waals surface area contributed by atoms with E-state index in [2.05, 4.69) is 5.32 Å².